The summed E-state index contributed by atoms with van der Waals surface area (Å²) in [5.41, 5.74) is 1.24. The lowest BCUT2D eigenvalue weighted by atomic mass is 9.95. The standard InChI is InChI=1S/C19H18N2O6S/c1-10-15(18(23)26-3)16(21-19(24)20-10)11-6-7-12(13(9-11)25-2)27-17(22)14-5-4-8-28-14/h4-9,16H,1-3H3,(H2,20,21,24). The van der Waals surface area contributed by atoms with Crippen LogP contribution in [0.5, 0.6) is 11.5 Å². The fraction of sp³-hybridized carbons (Fsp3) is 0.211. The van der Waals surface area contributed by atoms with Crippen LogP contribution >= 0.6 is 11.3 Å². The van der Waals surface area contributed by atoms with Crippen LogP contribution in [-0.4, -0.2) is 32.2 Å². The fourth-order valence-electron chi connectivity index (χ4n) is 2.82. The Bertz CT molecular complexity index is 951. The molecule has 0 fully saturated rings. The number of carbonyl (C=O) groups is 3. The molecule has 8 nitrogen and oxygen atoms in total. The minimum atomic E-state index is -0.739. The zero-order valence-electron chi connectivity index (χ0n) is 15.4. The van der Waals surface area contributed by atoms with Gasteiger partial charge in [0.15, 0.2) is 11.5 Å². The third kappa shape index (κ3) is 3.84. The maximum atomic E-state index is 12.2. The van der Waals surface area contributed by atoms with E-state index in [0.29, 0.717) is 16.1 Å². The minimum absolute atomic E-state index is 0.227. The summed E-state index contributed by atoms with van der Waals surface area (Å²) in [6.45, 7) is 1.62. The number of hydrogen-bond acceptors (Lipinski definition) is 7. The summed E-state index contributed by atoms with van der Waals surface area (Å²) >= 11 is 1.27. The molecule has 9 heteroatoms. The van der Waals surface area contributed by atoms with Crippen molar-refractivity contribution >= 4 is 29.3 Å². The molecule has 28 heavy (non-hydrogen) atoms. The van der Waals surface area contributed by atoms with Crippen molar-refractivity contribution in [3.63, 3.8) is 0 Å². The van der Waals surface area contributed by atoms with E-state index in [1.54, 1.807) is 42.6 Å². The van der Waals surface area contributed by atoms with Crippen LogP contribution in [0.15, 0.2) is 47.0 Å². The number of methoxy groups -OCH3 is 2. The van der Waals surface area contributed by atoms with Crippen LogP contribution < -0.4 is 20.1 Å². The van der Waals surface area contributed by atoms with Crippen molar-refractivity contribution < 1.29 is 28.6 Å². The number of ether oxygens (including phenoxy) is 3. The second kappa shape index (κ2) is 8.13. The maximum absolute atomic E-state index is 12.2. The molecule has 2 aromatic rings. The van der Waals surface area contributed by atoms with Gasteiger partial charge in [-0.05, 0) is 36.1 Å². The summed E-state index contributed by atoms with van der Waals surface area (Å²) in [5, 5.41) is 7.02. The van der Waals surface area contributed by atoms with Gasteiger partial charge in [-0.2, -0.15) is 0 Å². The molecule has 0 bridgehead atoms. The van der Waals surface area contributed by atoms with Gasteiger partial charge in [-0.3, -0.25) is 0 Å². The minimum Gasteiger partial charge on any atom is -0.493 e. The highest BCUT2D eigenvalue weighted by Gasteiger charge is 2.32. The first-order valence-corrected chi connectivity index (χ1v) is 9.12. The summed E-state index contributed by atoms with van der Waals surface area (Å²) in [6.07, 6.45) is 0. The SMILES string of the molecule is COC(=O)C1=C(C)NC(=O)NC1c1ccc(OC(=O)c2cccs2)c(OC)c1. The van der Waals surface area contributed by atoms with Crippen molar-refractivity contribution in [2.45, 2.75) is 13.0 Å². The molecule has 1 aliphatic heterocycles. The van der Waals surface area contributed by atoms with Crippen LogP contribution in [0, 0.1) is 0 Å². The highest BCUT2D eigenvalue weighted by molar-refractivity contribution is 7.12. The first kappa shape index (κ1) is 19.4. The molecule has 0 saturated carbocycles. The van der Waals surface area contributed by atoms with Gasteiger partial charge in [0.2, 0.25) is 0 Å². The molecule has 3 rings (SSSR count). The summed E-state index contributed by atoms with van der Waals surface area (Å²) < 4.78 is 15.6. The fourth-order valence-corrected chi connectivity index (χ4v) is 3.42. The molecule has 146 valence electrons. The van der Waals surface area contributed by atoms with E-state index in [2.05, 4.69) is 10.6 Å². The van der Waals surface area contributed by atoms with E-state index in [4.69, 9.17) is 14.2 Å². The molecule has 1 unspecified atom stereocenters. The first-order chi connectivity index (χ1) is 13.4. The topological polar surface area (TPSA) is 103 Å². The van der Waals surface area contributed by atoms with Crippen LogP contribution in [0.1, 0.15) is 28.2 Å². The van der Waals surface area contributed by atoms with Gasteiger partial charge in [0.25, 0.3) is 0 Å². The molecule has 2 amide bonds. The number of amides is 2. The number of hydrogen-bond donors (Lipinski definition) is 2. The Morgan fingerprint density at radius 1 is 1.11 bits per heavy atom. The lowest BCUT2D eigenvalue weighted by molar-refractivity contribution is -0.136. The van der Waals surface area contributed by atoms with Gasteiger partial charge >= 0.3 is 18.0 Å². The van der Waals surface area contributed by atoms with E-state index in [0.717, 1.165) is 0 Å². The van der Waals surface area contributed by atoms with Crippen molar-refractivity contribution in [1.82, 2.24) is 10.6 Å². The Kier molecular flexibility index (Phi) is 5.65. The smallest absolute Gasteiger partial charge is 0.353 e. The summed E-state index contributed by atoms with van der Waals surface area (Å²) in [7, 11) is 2.70. The first-order valence-electron chi connectivity index (χ1n) is 8.24. The second-order valence-corrected chi connectivity index (χ2v) is 6.79. The van der Waals surface area contributed by atoms with Crippen molar-refractivity contribution in [3.8, 4) is 11.5 Å². The molecular formula is C19H18N2O6S. The third-order valence-electron chi connectivity index (χ3n) is 4.12. The summed E-state index contributed by atoms with van der Waals surface area (Å²) in [4.78, 5) is 36.8. The Hall–Kier alpha value is -3.33. The Labute approximate surface area is 165 Å². The molecule has 1 aliphatic rings. The van der Waals surface area contributed by atoms with Gasteiger partial charge in [0, 0.05) is 5.70 Å². The van der Waals surface area contributed by atoms with Crippen LogP contribution in [0.25, 0.3) is 0 Å². The maximum Gasteiger partial charge on any atom is 0.353 e. The number of urea groups is 1. The van der Waals surface area contributed by atoms with Gasteiger partial charge < -0.3 is 24.8 Å². The predicted molar refractivity (Wildman–Crippen MR) is 101 cm³/mol. The van der Waals surface area contributed by atoms with Gasteiger partial charge in [-0.15, -0.1) is 11.3 Å². The molecule has 1 atom stereocenters. The van der Waals surface area contributed by atoms with Crippen LogP contribution in [0.3, 0.4) is 0 Å². The molecule has 0 saturated heterocycles. The van der Waals surface area contributed by atoms with Gasteiger partial charge in [0.1, 0.15) is 4.88 Å². The monoisotopic (exact) mass is 402 g/mol. The molecular weight excluding hydrogens is 384 g/mol. The normalized spacial score (nSPS) is 16.1. The number of esters is 2. The Morgan fingerprint density at radius 2 is 1.89 bits per heavy atom. The molecule has 1 aromatic heterocycles. The molecule has 0 aliphatic carbocycles. The number of benzene rings is 1. The highest BCUT2D eigenvalue weighted by atomic mass is 32.1. The van der Waals surface area contributed by atoms with E-state index in [1.165, 1.54) is 25.6 Å². The van der Waals surface area contributed by atoms with Crippen LogP contribution in [-0.2, 0) is 9.53 Å². The van der Waals surface area contributed by atoms with E-state index >= 15 is 0 Å². The third-order valence-corrected chi connectivity index (χ3v) is 4.97. The van der Waals surface area contributed by atoms with E-state index in [9.17, 15) is 14.4 Å². The number of allylic oxidation sites excluding steroid dienone is 1. The molecule has 0 radical (unpaired) electrons. The summed E-state index contributed by atoms with van der Waals surface area (Å²) in [6, 6.07) is 7.03. The van der Waals surface area contributed by atoms with Crippen molar-refractivity contribution in [1.29, 1.82) is 0 Å². The average molecular weight is 402 g/mol. The lowest BCUT2D eigenvalue weighted by Crippen LogP contribution is -2.45. The number of rotatable bonds is 5. The summed E-state index contributed by atoms with van der Waals surface area (Å²) in [5.74, 6) is -0.549. The zero-order valence-corrected chi connectivity index (χ0v) is 16.2. The van der Waals surface area contributed by atoms with Crippen LogP contribution in [0.2, 0.25) is 0 Å². The number of thiophene rings is 1. The number of carbonyl (C=O) groups excluding carboxylic acids is 3. The Morgan fingerprint density at radius 3 is 2.54 bits per heavy atom. The predicted octanol–water partition coefficient (Wildman–Crippen LogP) is 2.78. The highest BCUT2D eigenvalue weighted by Crippen LogP contribution is 2.35. The van der Waals surface area contributed by atoms with Crippen molar-refractivity contribution in [3.05, 3.63) is 57.4 Å². The van der Waals surface area contributed by atoms with Gasteiger partial charge in [0.05, 0.1) is 25.8 Å². The Balaban J connectivity index is 1.94. The molecule has 1 aromatic carbocycles. The van der Waals surface area contributed by atoms with E-state index in [-0.39, 0.29) is 17.1 Å². The van der Waals surface area contributed by atoms with Crippen molar-refractivity contribution in [2.75, 3.05) is 14.2 Å². The van der Waals surface area contributed by atoms with Crippen molar-refractivity contribution in [2.24, 2.45) is 0 Å². The zero-order chi connectivity index (χ0) is 20.3. The quantitative estimate of drug-likeness (QED) is 0.589. The molecule has 2 heterocycles. The average Bonchev–Trinajstić information content (AvgIpc) is 3.22. The number of nitrogens with one attached hydrogen (secondary N) is 2. The largest absolute Gasteiger partial charge is 0.493 e. The molecule has 0 spiro atoms. The molecule has 2 N–H and O–H groups in total. The lowest BCUT2D eigenvalue weighted by Gasteiger charge is -2.28. The van der Waals surface area contributed by atoms with Gasteiger partial charge in [-0.25, -0.2) is 14.4 Å². The van der Waals surface area contributed by atoms with E-state index < -0.39 is 24.0 Å². The van der Waals surface area contributed by atoms with Gasteiger partial charge in [-0.1, -0.05) is 12.1 Å². The van der Waals surface area contributed by atoms with E-state index in [1.807, 2.05) is 0 Å². The van der Waals surface area contributed by atoms with Crippen LogP contribution in [0.4, 0.5) is 4.79 Å². The second-order valence-electron chi connectivity index (χ2n) is 5.84.